The van der Waals surface area contributed by atoms with Crippen LogP contribution >= 0.6 is 0 Å². The lowest BCUT2D eigenvalue weighted by atomic mass is 10.0. The lowest BCUT2D eigenvalue weighted by Crippen LogP contribution is -2.35. The third-order valence-electron chi connectivity index (χ3n) is 7.67. The van der Waals surface area contributed by atoms with E-state index in [1.807, 2.05) is 0 Å². The van der Waals surface area contributed by atoms with Gasteiger partial charge in [-0.1, -0.05) is 0 Å². The number of halogens is 1. The Bertz CT molecular complexity index is 1730. The molecule has 3 aromatic carbocycles. The van der Waals surface area contributed by atoms with Crippen molar-refractivity contribution in [3.8, 4) is 23.0 Å². The first-order valence-electron chi connectivity index (χ1n) is 14.0. The molecule has 4 aromatic rings. The van der Waals surface area contributed by atoms with Gasteiger partial charge in [-0.2, -0.15) is 0 Å². The smallest absolute Gasteiger partial charge is 0.415 e. The molecule has 1 aliphatic heterocycles. The van der Waals surface area contributed by atoms with Crippen LogP contribution in [-0.4, -0.2) is 59.2 Å². The van der Waals surface area contributed by atoms with Gasteiger partial charge in [-0.25, -0.2) is 9.18 Å². The predicted molar refractivity (Wildman–Crippen MR) is 158 cm³/mol. The Kier molecular flexibility index (Phi) is 7.75. The summed E-state index contributed by atoms with van der Waals surface area (Å²) in [4.78, 5) is 44.2. The minimum Gasteiger partial charge on any atom is -0.493 e. The molecule has 0 unspecified atom stereocenters. The van der Waals surface area contributed by atoms with Crippen LogP contribution in [0.3, 0.4) is 0 Å². The highest BCUT2D eigenvalue weighted by Crippen LogP contribution is 2.47. The maximum atomic E-state index is 13.2. The van der Waals surface area contributed by atoms with Gasteiger partial charge in [-0.3, -0.25) is 14.6 Å². The summed E-state index contributed by atoms with van der Waals surface area (Å²) >= 11 is 0. The van der Waals surface area contributed by atoms with Crippen LogP contribution in [0.5, 0.6) is 23.0 Å². The van der Waals surface area contributed by atoms with Gasteiger partial charge >= 0.3 is 6.09 Å². The fourth-order valence-electron chi connectivity index (χ4n) is 4.97. The average Bonchev–Trinajstić information content (AvgIpc) is 3.73. The highest BCUT2D eigenvalue weighted by molar-refractivity contribution is 6.16. The summed E-state index contributed by atoms with van der Waals surface area (Å²) in [6.07, 6.45) is 1.73. The molecule has 3 amide bonds. The molecule has 6 rings (SSSR count). The van der Waals surface area contributed by atoms with Crippen molar-refractivity contribution in [3.63, 3.8) is 0 Å². The first kappa shape index (κ1) is 28.9. The van der Waals surface area contributed by atoms with Crippen molar-refractivity contribution >= 4 is 40.2 Å². The summed E-state index contributed by atoms with van der Waals surface area (Å²) < 4.78 is 30.3. The van der Waals surface area contributed by atoms with E-state index in [0.717, 1.165) is 0 Å². The van der Waals surface area contributed by atoms with Crippen molar-refractivity contribution in [2.45, 2.75) is 25.4 Å². The minimum atomic E-state index is -1.18. The molecular weight excluding hydrogens is 571 g/mol. The summed E-state index contributed by atoms with van der Waals surface area (Å²) in [6, 6.07) is 17.0. The molecule has 2 fully saturated rings. The van der Waals surface area contributed by atoms with Gasteiger partial charge < -0.3 is 34.9 Å². The van der Waals surface area contributed by atoms with Gasteiger partial charge in [0.25, 0.3) is 0 Å². The molecular formula is C32H29FN4O7. The molecule has 1 aromatic heterocycles. The molecule has 12 heteroatoms. The number of hydrogen-bond donors (Lipinski definition) is 3. The van der Waals surface area contributed by atoms with Crippen LogP contribution in [0.25, 0.3) is 10.9 Å². The Balaban J connectivity index is 1.12. The molecule has 0 bridgehead atoms. The number of carbonyl (C=O) groups excluding carboxylic acids is 3. The summed E-state index contributed by atoms with van der Waals surface area (Å²) in [6.45, 7) is 0.615. The Morgan fingerprint density at radius 3 is 2.18 bits per heavy atom. The van der Waals surface area contributed by atoms with E-state index < -0.39 is 35.2 Å². The molecule has 226 valence electrons. The first-order chi connectivity index (χ1) is 21.2. The maximum absolute atomic E-state index is 13.2. The Morgan fingerprint density at radius 1 is 0.932 bits per heavy atom. The fourth-order valence-corrected chi connectivity index (χ4v) is 4.97. The molecule has 2 heterocycles. The number of hydrogen-bond acceptors (Lipinski definition) is 8. The zero-order valence-corrected chi connectivity index (χ0v) is 23.7. The number of β-amino-alcohol motifs (C(OH)–C–C–N with tert-alkyl or cyclic N) is 1. The summed E-state index contributed by atoms with van der Waals surface area (Å²) in [7, 11) is 1.46. The number of nitrogens with one attached hydrogen (secondary N) is 2. The largest absolute Gasteiger partial charge is 0.493 e. The van der Waals surface area contributed by atoms with E-state index in [-0.39, 0.29) is 12.3 Å². The normalized spacial score (nSPS) is 16.7. The highest BCUT2D eigenvalue weighted by Gasteiger charge is 2.56. The zero-order chi connectivity index (χ0) is 30.8. The number of methoxy groups -OCH3 is 1. The number of nitrogens with zero attached hydrogens (tertiary/aromatic N) is 2. The van der Waals surface area contributed by atoms with Crippen LogP contribution in [0.2, 0.25) is 0 Å². The molecule has 0 spiro atoms. The summed E-state index contributed by atoms with van der Waals surface area (Å²) in [5.41, 5.74) is 0.228. The van der Waals surface area contributed by atoms with Crippen LogP contribution in [0.4, 0.5) is 20.6 Å². The van der Waals surface area contributed by atoms with E-state index in [9.17, 15) is 23.9 Å². The van der Waals surface area contributed by atoms with Crippen molar-refractivity contribution in [2.75, 3.05) is 30.8 Å². The van der Waals surface area contributed by atoms with E-state index >= 15 is 0 Å². The number of aromatic nitrogens is 1. The molecule has 0 radical (unpaired) electrons. The van der Waals surface area contributed by atoms with E-state index in [4.69, 9.17) is 14.2 Å². The lowest BCUT2D eigenvalue weighted by molar-refractivity contribution is -0.131. The SMILES string of the molecule is COc1cc2c(Oc3ccc(NC(=O)C4(C(=O)Nc5ccc(F)cc5)CC4)cc3)ccnc2cc1OC(=O)N1CC[C@@H](O)C1. The molecule has 1 aliphatic carbocycles. The second-order valence-corrected chi connectivity index (χ2v) is 10.7. The van der Waals surface area contributed by atoms with Crippen LogP contribution in [0.1, 0.15) is 19.3 Å². The van der Waals surface area contributed by atoms with Crippen LogP contribution in [0, 0.1) is 11.2 Å². The zero-order valence-electron chi connectivity index (χ0n) is 23.7. The van der Waals surface area contributed by atoms with Gasteiger partial charge in [-0.15, -0.1) is 0 Å². The molecule has 11 nitrogen and oxygen atoms in total. The Labute approximate surface area is 251 Å². The topological polar surface area (TPSA) is 139 Å². The predicted octanol–water partition coefficient (Wildman–Crippen LogP) is 5.10. The average molecular weight is 601 g/mol. The lowest BCUT2D eigenvalue weighted by Gasteiger charge is -2.17. The first-order valence-corrected chi connectivity index (χ1v) is 14.0. The number of rotatable bonds is 8. The number of benzene rings is 3. The van der Waals surface area contributed by atoms with Crippen LogP contribution in [-0.2, 0) is 9.59 Å². The van der Waals surface area contributed by atoms with Crippen LogP contribution in [0.15, 0.2) is 72.9 Å². The highest BCUT2D eigenvalue weighted by atomic mass is 19.1. The second-order valence-electron chi connectivity index (χ2n) is 10.7. The number of aliphatic hydroxyl groups excluding tert-OH is 1. The van der Waals surface area contributed by atoms with Gasteiger partial charge in [0.15, 0.2) is 11.5 Å². The summed E-state index contributed by atoms with van der Waals surface area (Å²) in [5.74, 6) is 0.172. The van der Waals surface area contributed by atoms with Crippen molar-refractivity contribution in [1.29, 1.82) is 0 Å². The molecule has 1 saturated heterocycles. The van der Waals surface area contributed by atoms with Gasteiger partial charge in [0.05, 0.1) is 18.7 Å². The number of pyridine rings is 1. The molecule has 1 saturated carbocycles. The van der Waals surface area contributed by atoms with Crippen molar-refractivity contribution in [3.05, 3.63) is 78.7 Å². The molecule has 2 aliphatic rings. The second kappa shape index (κ2) is 11.8. The van der Waals surface area contributed by atoms with Gasteiger partial charge in [0, 0.05) is 42.1 Å². The quantitative estimate of drug-likeness (QED) is 0.238. The third-order valence-corrected chi connectivity index (χ3v) is 7.67. The van der Waals surface area contributed by atoms with E-state index in [2.05, 4.69) is 15.6 Å². The summed E-state index contributed by atoms with van der Waals surface area (Å²) in [5, 5.41) is 15.8. The number of fused-ring (bicyclic) bond motifs is 1. The van der Waals surface area contributed by atoms with E-state index in [1.54, 1.807) is 48.7 Å². The number of anilines is 2. The number of amides is 3. The Hall–Kier alpha value is -5.23. The fraction of sp³-hybridized carbons (Fsp3) is 0.250. The van der Waals surface area contributed by atoms with E-state index in [1.165, 1.54) is 36.3 Å². The van der Waals surface area contributed by atoms with E-state index in [0.29, 0.717) is 65.3 Å². The maximum Gasteiger partial charge on any atom is 0.415 e. The van der Waals surface area contributed by atoms with Gasteiger partial charge in [-0.05, 0) is 79.9 Å². The van der Waals surface area contributed by atoms with Crippen molar-refractivity contribution in [2.24, 2.45) is 5.41 Å². The number of likely N-dealkylation sites (tertiary alicyclic amines) is 1. The minimum absolute atomic E-state index is 0.191. The van der Waals surface area contributed by atoms with Crippen molar-refractivity contribution in [1.82, 2.24) is 9.88 Å². The Morgan fingerprint density at radius 2 is 1.59 bits per heavy atom. The number of ether oxygens (including phenoxy) is 3. The van der Waals surface area contributed by atoms with Gasteiger partial charge in [0.2, 0.25) is 11.8 Å². The van der Waals surface area contributed by atoms with Crippen LogP contribution < -0.4 is 24.8 Å². The van der Waals surface area contributed by atoms with Gasteiger partial charge in [0.1, 0.15) is 22.7 Å². The molecule has 44 heavy (non-hydrogen) atoms. The molecule has 3 N–H and O–H groups in total. The molecule has 1 atom stereocenters. The number of carbonyl (C=O) groups is 3. The van der Waals surface area contributed by atoms with Crippen molar-refractivity contribution < 1.29 is 38.1 Å². The number of aliphatic hydroxyl groups is 1. The monoisotopic (exact) mass is 600 g/mol. The standard InChI is InChI=1S/C32H29FN4O7/c1-42-27-16-24-25(17-28(27)44-31(41)37-15-11-22(38)18-37)34-14-10-26(24)43-23-8-6-21(7-9-23)36-30(40)32(12-13-32)29(39)35-20-4-2-19(33)3-5-20/h2-10,14,16-17,22,38H,11-13,15,18H2,1H3,(H,35,39)(H,36,40)/t22-/m1/s1. The third kappa shape index (κ3) is 5.97.